The number of phenols is 2. The van der Waals surface area contributed by atoms with Crippen LogP contribution >= 0.6 is 23.5 Å². The summed E-state index contributed by atoms with van der Waals surface area (Å²) in [5.74, 6) is -0.395. The van der Waals surface area contributed by atoms with E-state index in [4.69, 9.17) is 34.7 Å². The Hall–Kier alpha value is -0.850. The minimum atomic E-state index is -5.46. The molecule has 1 atom stereocenters. The average Bonchev–Trinajstić information content (AvgIpc) is 2.37. The topological polar surface area (TPSA) is 244 Å². The maximum absolute atomic E-state index is 10.4. The number of phenolic OH excluding ortho intramolecular Hbond substituents is 2. The summed E-state index contributed by atoms with van der Waals surface area (Å²) in [5, 5.41) is 30.4. The molecule has 0 amide bonds. The fourth-order valence-corrected chi connectivity index (χ4v) is 3.88. The van der Waals surface area contributed by atoms with E-state index in [0.717, 1.165) is 0 Å². The second-order valence-corrected chi connectivity index (χ2v) is 8.64. The summed E-state index contributed by atoms with van der Waals surface area (Å²) in [6.07, 6.45) is -0.670. The predicted molar refractivity (Wildman–Crippen MR) is 84.7 cm³/mol. The number of hydrogen-bond donors (Lipinski definition) is 9. The zero-order valence-corrected chi connectivity index (χ0v) is 15.7. The monoisotopic (exact) mass is 441 g/mol. The Bertz CT molecular complexity index is 700. The van der Waals surface area contributed by atoms with Crippen LogP contribution in [0.2, 0.25) is 0 Å². The van der Waals surface area contributed by atoms with Crippen molar-refractivity contribution in [1.82, 2.24) is 5.32 Å². The molecule has 0 heterocycles. The quantitative estimate of drug-likeness (QED) is 0.194. The second kappa shape index (κ2) is 9.90. The van der Waals surface area contributed by atoms with Crippen LogP contribution in [0.4, 0.5) is 0 Å². The van der Waals surface area contributed by atoms with Crippen LogP contribution in [0.3, 0.4) is 0 Å². The average molecular weight is 441 g/mol. The first-order valence-corrected chi connectivity index (χ1v) is 10.8. The van der Waals surface area contributed by atoms with Crippen molar-refractivity contribution >= 4 is 23.5 Å². The van der Waals surface area contributed by atoms with Gasteiger partial charge in [-0.25, -0.2) is 13.7 Å². The maximum atomic E-state index is 10.4. The van der Waals surface area contributed by atoms with E-state index < -0.39 is 29.6 Å². The Morgan fingerprint density at radius 2 is 1.42 bits per heavy atom. The number of nitrogens with one attached hydrogen (secondary N) is 1. The molecule has 0 radical (unpaired) electrons. The van der Waals surface area contributed by atoms with Gasteiger partial charge in [0.2, 0.25) is 0 Å². The van der Waals surface area contributed by atoms with E-state index in [1.807, 2.05) is 0 Å². The van der Waals surface area contributed by atoms with E-state index in [2.05, 4.69) is 13.9 Å². The van der Waals surface area contributed by atoms with Gasteiger partial charge in [-0.05, 0) is 24.7 Å². The van der Waals surface area contributed by atoms with Gasteiger partial charge in [-0.2, -0.15) is 8.62 Å². The minimum Gasteiger partial charge on any atom is -0.504 e. The molecule has 9 N–H and O–H groups in total. The number of aliphatic hydroxyl groups excluding tert-OH is 1. The third-order valence-corrected chi connectivity index (χ3v) is 5.55. The Morgan fingerprint density at radius 3 is 1.77 bits per heavy atom. The van der Waals surface area contributed by atoms with Gasteiger partial charge in [-0.1, -0.05) is 6.07 Å². The van der Waals surface area contributed by atoms with E-state index in [9.17, 15) is 18.8 Å². The molecule has 0 saturated heterocycles. The van der Waals surface area contributed by atoms with Gasteiger partial charge in [-0.15, -0.1) is 0 Å². The summed E-state index contributed by atoms with van der Waals surface area (Å²) < 4.78 is 36.4. The molecule has 0 fully saturated rings. The first-order valence-electron chi connectivity index (χ1n) is 6.27. The van der Waals surface area contributed by atoms with Crippen LogP contribution in [-0.2, 0) is 22.3 Å². The Kier molecular flexibility index (Phi) is 9.58. The van der Waals surface area contributed by atoms with Crippen molar-refractivity contribution in [2.24, 2.45) is 0 Å². The van der Waals surface area contributed by atoms with Crippen LogP contribution in [0.15, 0.2) is 18.2 Å². The Labute approximate surface area is 146 Å². The first-order chi connectivity index (χ1) is 11.6. The molecule has 14 nitrogen and oxygen atoms in total. The SMILES string of the molecule is CNCC(O)c1ccc(O)c(O)c1.O=P(O)(O)OP(=O)(O)OP(=O)(O)O. The Morgan fingerprint density at radius 1 is 0.962 bits per heavy atom. The van der Waals surface area contributed by atoms with Gasteiger partial charge < -0.3 is 45.1 Å². The van der Waals surface area contributed by atoms with Crippen LogP contribution in [0.25, 0.3) is 0 Å². The van der Waals surface area contributed by atoms with Crippen LogP contribution in [0.5, 0.6) is 11.5 Å². The van der Waals surface area contributed by atoms with Gasteiger partial charge in [-0.3, -0.25) is 0 Å². The molecule has 26 heavy (non-hydrogen) atoms. The lowest BCUT2D eigenvalue weighted by Gasteiger charge is -2.11. The number of aromatic hydroxyl groups is 2. The van der Waals surface area contributed by atoms with Gasteiger partial charge >= 0.3 is 23.5 Å². The van der Waals surface area contributed by atoms with Crippen molar-refractivity contribution in [3.63, 3.8) is 0 Å². The molecule has 0 aliphatic rings. The summed E-state index contributed by atoms with van der Waals surface area (Å²) in [4.78, 5) is 40.2. The van der Waals surface area contributed by atoms with Crippen LogP contribution in [0.1, 0.15) is 11.7 Å². The summed E-state index contributed by atoms with van der Waals surface area (Å²) in [6, 6.07) is 4.26. The lowest BCUT2D eigenvalue weighted by Crippen LogP contribution is -2.16. The van der Waals surface area contributed by atoms with Crippen molar-refractivity contribution in [3.05, 3.63) is 23.8 Å². The van der Waals surface area contributed by atoms with E-state index in [1.165, 1.54) is 12.1 Å². The first kappa shape index (κ1) is 25.1. The molecular formula is C9H18NO13P3. The third-order valence-electron chi connectivity index (χ3n) is 2.20. The molecule has 0 spiro atoms. The molecule has 0 aliphatic carbocycles. The molecule has 0 saturated carbocycles. The van der Waals surface area contributed by atoms with Gasteiger partial charge in [0.1, 0.15) is 0 Å². The van der Waals surface area contributed by atoms with Crippen LogP contribution in [-0.4, -0.2) is 53.4 Å². The molecule has 0 aliphatic heterocycles. The number of likely N-dealkylation sites (N-methyl/N-ethyl adjacent to an activating group) is 1. The molecular weight excluding hydrogens is 423 g/mol. The van der Waals surface area contributed by atoms with Gasteiger partial charge in [0.25, 0.3) is 0 Å². The highest BCUT2D eigenvalue weighted by Crippen LogP contribution is 2.64. The number of hydrogen-bond acceptors (Lipinski definition) is 9. The van der Waals surface area contributed by atoms with Crippen molar-refractivity contribution < 1.29 is 62.1 Å². The number of phosphoric acid groups is 3. The largest absolute Gasteiger partial charge is 0.504 e. The fourth-order valence-electron chi connectivity index (χ4n) is 1.34. The Balaban J connectivity index is 0.000000481. The maximum Gasteiger partial charge on any atom is 0.490 e. The van der Waals surface area contributed by atoms with Gasteiger partial charge in [0.15, 0.2) is 11.5 Å². The highest BCUT2D eigenvalue weighted by atomic mass is 31.3. The smallest absolute Gasteiger partial charge is 0.490 e. The number of aliphatic hydroxyl groups is 1. The second-order valence-electron chi connectivity index (χ2n) is 4.43. The molecule has 0 aromatic heterocycles. The van der Waals surface area contributed by atoms with Crippen molar-refractivity contribution in [2.75, 3.05) is 13.6 Å². The van der Waals surface area contributed by atoms with Gasteiger partial charge in [0.05, 0.1) is 6.10 Å². The van der Waals surface area contributed by atoms with Crippen LogP contribution in [0, 0.1) is 0 Å². The summed E-state index contributed by atoms with van der Waals surface area (Å²) in [7, 11) is -14.4. The minimum absolute atomic E-state index is 0.180. The lowest BCUT2D eigenvalue weighted by molar-refractivity contribution is 0.177. The summed E-state index contributed by atoms with van der Waals surface area (Å²) in [6.45, 7) is 0.407. The van der Waals surface area contributed by atoms with Crippen molar-refractivity contribution in [3.8, 4) is 11.5 Å². The van der Waals surface area contributed by atoms with E-state index >= 15 is 0 Å². The zero-order chi connectivity index (χ0) is 20.8. The molecule has 1 rings (SSSR count). The van der Waals surface area contributed by atoms with Crippen molar-refractivity contribution in [2.45, 2.75) is 6.10 Å². The standard InChI is InChI=1S/C9H13NO3.H5O10P3/c1-10-5-9(13)6-2-3-7(11)8(12)4-6;1-11(2,3)9-13(7,8)10-12(4,5)6/h2-4,9-13H,5H2,1H3;(H,7,8)(H2,1,2,3)(H2,4,5,6). The highest BCUT2D eigenvalue weighted by Gasteiger charge is 2.38. The highest BCUT2D eigenvalue weighted by molar-refractivity contribution is 7.66. The van der Waals surface area contributed by atoms with Gasteiger partial charge in [0, 0.05) is 6.54 Å². The molecule has 1 aromatic carbocycles. The van der Waals surface area contributed by atoms with Crippen LogP contribution < -0.4 is 5.32 Å². The third kappa shape index (κ3) is 11.7. The number of rotatable bonds is 7. The predicted octanol–water partition coefficient (Wildman–Crippen LogP) is -0.344. The summed E-state index contributed by atoms with van der Waals surface area (Å²) >= 11 is 0. The zero-order valence-electron chi connectivity index (χ0n) is 13.0. The molecule has 0 bridgehead atoms. The summed E-state index contributed by atoms with van der Waals surface area (Å²) in [5.41, 5.74) is 0.574. The normalized spacial score (nSPS) is 13.7. The number of benzene rings is 1. The van der Waals surface area contributed by atoms with Crippen molar-refractivity contribution in [1.29, 1.82) is 0 Å². The van der Waals surface area contributed by atoms with E-state index in [-0.39, 0.29) is 11.5 Å². The molecule has 17 heteroatoms. The van der Waals surface area contributed by atoms with E-state index in [0.29, 0.717) is 12.1 Å². The molecule has 1 unspecified atom stereocenters. The fraction of sp³-hybridized carbons (Fsp3) is 0.333. The molecule has 1 aromatic rings. The lowest BCUT2D eigenvalue weighted by atomic mass is 10.1. The molecule has 152 valence electrons. The van der Waals surface area contributed by atoms with E-state index in [1.54, 1.807) is 13.1 Å².